The third-order valence-corrected chi connectivity index (χ3v) is 4.29. The number of hydrogen-bond donors (Lipinski definition) is 2. The van der Waals surface area contributed by atoms with Crippen molar-refractivity contribution in [2.45, 2.75) is 13.8 Å². The number of aromatic nitrogens is 2. The predicted octanol–water partition coefficient (Wildman–Crippen LogP) is 4.69. The molecule has 0 unspecified atom stereocenters. The molecule has 0 bridgehead atoms. The minimum absolute atomic E-state index is 0.0103. The summed E-state index contributed by atoms with van der Waals surface area (Å²) >= 11 is 0. The summed E-state index contributed by atoms with van der Waals surface area (Å²) in [6.07, 6.45) is 1.22. The molecule has 0 atom stereocenters. The van der Waals surface area contributed by atoms with Crippen LogP contribution in [0.25, 0.3) is 0 Å². The zero-order valence-electron chi connectivity index (χ0n) is 17.9. The number of benzene rings is 2. The van der Waals surface area contributed by atoms with Crippen LogP contribution in [0.2, 0.25) is 0 Å². The number of carbonyl (C=O) groups is 1. The minimum atomic E-state index is -0.564. The fourth-order valence-electron chi connectivity index (χ4n) is 2.70. The molecule has 0 radical (unpaired) electrons. The fraction of sp³-hybridized carbons (Fsp3) is 0.227. The molecular formula is C22H23N5O5. The molecule has 3 rings (SSSR count). The van der Waals surface area contributed by atoms with Crippen LogP contribution in [0, 0.1) is 16.0 Å². The molecule has 0 amide bonds. The first-order valence-electron chi connectivity index (χ1n) is 9.82. The lowest BCUT2D eigenvalue weighted by Gasteiger charge is -2.11. The van der Waals surface area contributed by atoms with Crippen molar-refractivity contribution in [1.82, 2.24) is 9.97 Å². The predicted molar refractivity (Wildman–Crippen MR) is 120 cm³/mol. The van der Waals surface area contributed by atoms with Gasteiger partial charge in [0.05, 0.1) is 24.2 Å². The lowest BCUT2D eigenvalue weighted by Crippen LogP contribution is -2.10. The van der Waals surface area contributed by atoms with Gasteiger partial charge in [-0.3, -0.25) is 10.1 Å². The number of nitrogens with one attached hydrogen (secondary N) is 2. The van der Waals surface area contributed by atoms with Crippen LogP contribution in [-0.4, -0.2) is 34.6 Å². The van der Waals surface area contributed by atoms with Gasteiger partial charge in [0, 0.05) is 11.4 Å². The van der Waals surface area contributed by atoms with E-state index in [4.69, 9.17) is 9.47 Å². The number of esters is 1. The van der Waals surface area contributed by atoms with E-state index in [0.29, 0.717) is 29.3 Å². The highest BCUT2D eigenvalue weighted by Crippen LogP contribution is 2.33. The number of nitrogens with zero attached hydrogens (tertiary/aromatic N) is 3. The van der Waals surface area contributed by atoms with Crippen molar-refractivity contribution in [1.29, 1.82) is 0 Å². The molecule has 0 saturated heterocycles. The van der Waals surface area contributed by atoms with Crippen molar-refractivity contribution in [3.63, 3.8) is 0 Å². The molecule has 0 fully saturated rings. The highest BCUT2D eigenvalue weighted by Gasteiger charge is 2.23. The Morgan fingerprint density at radius 1 is 1.00 bits per heavy atom. The Bertz CT molecular complexity index is 1080. The van der Waals surface area contributed by atoms with Crippen LogP contribution >= 0.6 is 0 Å². The maximum absolute atomic E-state index is 12.1. The van der Waals surface area contributed by atoms with Gasteiger partial charge in [-0.25, -0.2) is 14.8 Å². The summed E-state index contributed by atoms with van der Waals surface area (Å²) < 4.78 is 10.3. The number of carbonyl (C=O) groups excluding carboxylic acids is 1. The summed E-state index contributed by atoms with van der Waals surface area (Å²) in [6.45, 7) is 4.23. The molecule has 3 aromatic rings. The zero-order valence-corrected chi connectivity index (χ0v) is 17.9. The third kappa shape index (κ3) is 5.69. The molecule has 2 N–H and O–H groups in total. The quantitative estimate of drug-likeness (QED) is 0.278. The molecule has 0 saturated carbocycles. The van der Waals surface area contributed by atoms with Crippen molar-refractivity contribution in [3.05, 3.63) is 70.5 Å². The topological polar surface area (TPSA) is 129 Å². The standard InChI is InChI=1S/C22H23N5O5/c1-14(2)12-32-22(28)15-4-6-16(7-5-15)25-20-19(27(29)30)21(24-13-23-20)26-17-8-10-18(31-3)11-9-17/h4-11,13-14H,12H2,1-3H3,(H2,23,24,25,26). The van der Waals surface area contributed by atoms with E-state index >= 15 is 0 Å². The van der Waals surface area contributed by atoms with Gasteiger partial charge in [0.2, 0.25) is 11.6 Å². The van der Waals surface area contributed by atoms with E-state index in [1.54, 1.807) is 55.6 Å². The first kappa shape index (κ1) is 22.5. The van der Waals surface area contributed by atoms with Crippen LogP contribution in [0.3, 0.4) is 0 Å². The average Bonchev–Trinajstić information content (AvgIpc) is 2.78. The second-order valence-corrected chi connectivity index (χ2v) is 7.22. The SMILES string of the molecule is COc1ccc(Nc2ncnc(Nc3ccc(C(=O)OCC(C)C)cc3)c2[N+](=O)[O-])cc1. The van der Waals surface area contributed by atoms with Crippen LogP contribution in [0.4, 0.5) is 28.7 Å². The monoisotopic (exact) mass is 437 g/mol. The Kier molecular flexibility index (Phi) is 7.17. The van der Waals surface area contributed by atoms with E-state index in [0.717, 1.165) is 0 Å². The van der Waals surface area contributed by atoms with Gasteiger partial charge < -0.3 is 20.1 Å². The van der Waals surface area contributed by atoms with Crippen molar-refractivity contribution in [2.24, 2.45) is 5.92 Å². The van der Waals surface area contributed by atoms with Gasteiger partial charge in [0.25, 0.3) is 0 Å². The summed E-state index contributed by atoms with van der Waals surface area (Å²) in [7, 11) is 1.55. The molecular weight excluding hydrogens is 414 g/mol. The highest BCUT2D eigenvalue weighted by atomic mass is 16.6. The van der Waals surface area contributed by atoms with Crippen LogP contribution in [-0.2, 0) is 4.74 Å². The zero-order chi connectivity index (χ0) is 23.1. The van der Waals surface area contributed by atoms with Crippen LogP contribution < -0.4 is 15.4 Å². The van der Waals surface area contributed by atoms with Crippen LogP contribution in [0.5, 0.6) is 5.75 Å². The number of ether oxygens (including phenoxy) is 2. The van der Waals surface area contributed by atoms with Gasteiger partial charge in [0.1, 0.15) is 12.1 Å². The van der Waals surface area contributed by atoms with Gasteiger partial charge in [-0.1, -0.05) is 13.8 Å². The van der Waals surface area contributed by atoms with Gasteiger partial charge in [0.15, 0.2) is 0 Å². The molecule has 1 heterocycles. The normalized spacial score (nSPS) is 10.5. The smallest absolute Gasteiger partial charge is 0.353 e. The molecule has 0 aliphatic heterocycles. The van der Waals surface area contributed by atoms with Crippen LogP contribution in [0.15, 0.2) is 54.9 Å². The van der Waals surface area contributed by atoms with Crippen LogP contribution in [0.1, 0.15) is 24.2 Å². The first-order valence-corrected chi connectivity index (χ1v) is 9.82. The maximum atomic E-state index is 12.1. The summed E-state index contributed by atoms with van der Waals surface area (Å²) in [4.78, 5) is 31.3. The molecule has 32 heavy (non-hydrogen) atoms. The second-order valence-electron chi connectivity index (χ2n) is 7.22. The molecule has 10 nitrogen and oxygen atoms in total. The Morgan fingerprint density at radius 2 is 1.53 bits per heavy atom. The lowest BCUT2D eigenvalue weighted by molar-refractivity contribution is -0.383. The second kappa shape index (κ2) is 10.2. The van der Waals surface area contributed by atoms with Crippen molar-refractivity contribution >= 4 is 34.7 Å². The summed E-state index contributed by atoms with van der Waals surface area (Å²) in [5.41, 5.74) is 1.18. The summed E-state index contributed by atoms with van der Waals surface area (Å²) in [5.74, 6) is 0.512. The Labute approximate surface area is 184 Å². The van der Waals surface area contributed by atoms with Gasteiger partial charge in [-0.2, -0.15) is 0 Å². The largest absolute Gasteiger partial charge is 0.497 e. The summed E-state index contributed by atoms with van der Waals surface area (Å²) in [6, 6.07) is 13.3. The van der Waals surface area contributed by atoms with Crippen molar-refractivity contribution in [3.8, 4) is 5.75 Å². The Hall–Kier alpha value is -4.21. The molecule has 0 aliphatic rings. The van der Waals surface area contributed by atoms with E-state index in [2.05, 4.69) is 20.6 Å². The summed E-state index contributed by atoms with van der Waals surface area (Å²) in [5, 5.41) is 17.6. The van der Waals surface area contributed by atoms with Gasteiger partial charge >= 0.3 is 11.7 Å². The lowest BCUT2D eigenvalue weighted by atomic mass is 10.2. The van der Waals surface area contributed by atoms with E-state index in [9.17, 15) is 14.9 Å². The van der Waals surface area contributed by atoms with E-state index in [1.807, 2.05) is 13.8 Å². The molecule has 2 aromatic carbocycles. The number of anilines is 4. The van der Waals surface area contributed by atoms with E-state index < -0.39 is 10.9 Å². The molecule has 0 spiro atoms. The minimum Gasteiger partial charge on any atom is -0.497 e. The molecule has 10 heteroatoms. The average molecular weight is 437 g/mol. The first-order chi connectivity index (χ1) is 15.4. The molecule has 0 aliphatic carbocycles. The van der Waals surface area contributed by atoms with Crippen molar-refractivity contribution < 1.29 is 19.2 Å². The molecule has 166 valence electrons. The van der Waals surface area contributed by atoms with Gasteiger partial charge in [-0.05, 0) is 54.4 Å². The Balaban J connectivity index is 1.79. The molecule has 1 aromatic heterocycles. The number of methoxy groups -OCH3 is 1. The van der Waals surface area contributed by atoms with Crippen molar-refractivity contribution in [2.75, 3.05) is 24.4 Å². The highest BCUT2D eigenvalue weighted by molar-refractivity contribution is 5.90. The van der Waals surface area contributed by atoms with E-state index in [-0.39, 0.29) is 23.2 Å². The van der Waals surface area contributed by atoms with E-state index in [1.165, 1.54) is 6.33 Å². The van der Waals surface area contributed by atoms with Gasteiger partial charge in [-0.15, -0.1) is 0 Å². The number of rotatable bonds is 9. The number of nitro groups is 1. The maximum Gasteiger partial charge on any atom is 0.353 e. The number of hydrogen-bond acceptors (Lipinski definition) is 9. The third-order valence-electron chi connectivity index (χ3n) is 4.29. The Morgan fingerprint density at radius 3 is 2.00 bits per heavy atom. The fourth-order valence-corrected chi connectivity index (χ4v) is 2.70.